The highest BCUT2D eigenvalue weighted by atomic mass is 32.2. The third-order valence-electron chi connectivity index (χ3n) is 29.7. The minimum Gasteiger partial charge on any atom is -0.504 e. The van der Waals surface area contributed by atoms with E-state index in [1.807, 2.05) is 53.9 Å². The van der Waals surface area contributed by atoms with Gasteiger partial charge in [-0.2, -0.15) is 10.5 Å². The number of rotatable bonds is 26. The maximum absolute atomic E-state index is 15.3. The van der Waals surface area contributed by atoms with Crippen LogP contribution in [-0.4, -0.2) is 207 Å². The molecular weight excluding hydrogens is 1810 g/mol. The summed E-state index contributed by atoms with van der Waals surface area (Å²) in [5.74, 6) is 1.23. The molecule has 14 aliphatic heterocycles. The Morgan fingerprint density at radius 2 is 0.906 bits per heavy atom. The Bertz CT molecular complexity index is 5820. The lowest BCUT2D eigenvalue weighted by Crippen LogP contribution is -2.69. The van der Waals surface area contributed by atoms with Gasteiger partial charge in [-0.25, -0.2) is 9.59 Å². The molecule has 4 fully saturated rings. The highest BCUT2D eigenvalue weighted by molar-refractivity contribution is 7.99. The summed E-state index contributed by atoms with van der Waals surface area (Å²) in [5.41, 5.74) is 8.81. The number of phenols is 2. The van der Waals surface area contributed by atoms with Crippen molar-refractivity contribution in [2.45, 2.75) is 286 Å². The van der Waals surface area contributed by atoms with Crippen molar-refractivity contribution in [2.24, 2.45) is 0 Å². The Morgan fingerprint density at radius 1 is 0.478 bits per heavy atom. The van der Waals surface area contributed by atoms with Gasteiger partial charge in [0.15, 0.2) is 80.1 Å². The largest absolute Gasteiger partial charge is 0.504 e. The zero-order valence-corrected chi connectivity index (χ0v) is 83.2. The minimum absolute atomic E-state index is 0.0239. The predicted molar refractivity (Wildman–Crippen MR) is 512 cm³/mol. The summed E-state index contributed by atoms with van der Waals surface area (Å²) in [6.45, 7) is 17.0. The molecule has 4 saturated heterocycles. The Balaban J connectivity index is 0.000000187. The number of carbonyl (C=O) groups is 7. The van der Waals surface area contributed by atoms with Crippen LogP contribution in [0.2, 0.25) is 0 Å². The Labute approximate surface area is 814 Å². The summed E-state index contributed by atoms with van der Waals surface area (Å²) in [6.07, 6.45) is 18.2. The summed E-state index contributed by atoms with van der Waals surface area (Å²) < 4.78 is 86.0. The fourth-order valence-electron chi connectivity index (χ4n) is 23.5. The number of likely N-dealkylation sites (N-methyl/N-ethyl adjacent to an activating group) is 2. The molecule has 20 rings (SSSR count). The van der Waals surface area contributed by atoms with Gasteiger partial charge in [-0.05, 0) is 156 Å². The molecule has 2 unspecified atom stereocenters. The molecule has 138 heavy (non-hydrogen) atoms. The third-order valence-corrected chi connectivity index (χ3v) is 32.7. The quantitative estimate of drug-likeness (QED) is 0.0191. The molecule has 740 valence electrons. The van der Waals surface area contributed by atoms with Crippen LogP contribution in [0.1, 0.15) is 274 Å². The standard InChI is InChI=1S/C56H70N4O12S.C40H42N4O10S.C8H16O2/c1-9-11-13-15-17-19-42(62)71-41-25-34-21-22-58-56(36(34)26-40(41)65-7)29-73-54-46-45(52-51(68-30-69-52)32(4)50(46)70-33(5)61)39(28-67-55(56)64)60-38(27-57)37-24-35-23-31(3)49(66-8)53(44(35)47(48(54)60)59(37)6)72-43(63)20-18-16-14-12-10-2;1-17-9-21-10-23-24(13-41)44-25-14-51-39(48)40(22-12-27(49-5)26(46)11-20(22)7-8-42-40)15-55-38(32(44)31(43(23)4)28(21)33(47)34(17)50-6)30-29(25)37-36(52-16-53-37)18(2)35(30)54-19(3)45;1-2-3-4-5-6-7-8(9)10/h23,25-26,37-39,47-48,54,58H,9-22,24,28-30H2,1-8H3;9,11-12,23-25,31-32,38,42,46-47H,7-8,10,14-16H2,1-6H3;2-7H2,1H3,(H,9,10)/t37-,38-,39-,47+,48?,54+,56+;23-,24-,25-,31+,32?,38+,40+;/m00./s1. The van der Waals surface area contributed by atoms with Gasteiger partial charge in [0.25, 0.3) is 0 Å². The van der Waals surface area contributed by atoms with Crippen LogP contribution in [0.15, 0.2) is 36.4 Å². The molecule has 0 amide bonds. The average molecular weight is 1940 g/mol. The van der Waals surface area contributed by atoms with Crippen LogP contribution in [-0.2, 0) is 79.8 Å². The second kappa shape index (κ2) is 42.2. The van der Waals surface area contributed by atoms with Gasteiger partial charge in [-0.15, -0.1) is 23.5 Å². The van der Waals surface area contributed by atoms with Crippen LogP contribution >= 0.6 is 23.5 Å². The SMILES string of the molecule is CCCCCCCC(=O)O.CCCCCCCC(=O)Oc1cc2c(cc1OC)[C@@]1(CS[C@@H]3c4c(OC(C)=O)c(C)c5c(c4[C@H](COC1=O)N1C3[C@H]3c4c(cc(C)c(OC)c4OC(=O)CCCCCCC)C[C@@H]([C@@H]1C#N)N3C)OCO5)NCC2.COc1cc2c(cc1O)CCN[C@]21CS[C@@H]2c3c(OC(C)=O)c(C)c4c(c3[C@H](COC1=O)N1C2[C@H]2c3c(cc(C)c(OC)c3O)C[C@@H]([C@@H]1C#N)N2C)OCO4. The number of fused-ring (bicyclic) bond motifs is 18. The van der Waals surface area contributed by atoms with Gasteiger partial charge < -0.3 is 81.6 Å². The lowest BCUT2D eigenvalue weighted by Gasteiger charge is -2.62. The van der Waals surface area contributed by atoms with Crippen LogP contribution < -0.4 is 67.5 Å². The summed E-state index contributed by atoms with van der Waals surface area (Å²) in [5, 5.41) is 59.6. The van der Waals surface area contributed by atoms with Gasteiger partial charge in [0.2, 0.25) is 13.6 Å². The number of nitrogens with zero attached hydrogens (tertiary/aromatic N) is 6. The fourth-order valence-corrected chi connectivity index (χ4v) is 26.9. The Morgan fingerprint density at radius 3 is 1.36 bits per heavy atom. The Kier molecular flexibility index (Phi) is 30.6. The second-order valence-corrected chi connectivity index (χ2v) is 40.2. The maximum atomic E-state index is 15.3. The molecule has 0 aromatic heterocycles. The highest BCUT2D eigenvalue weighted by Crippen LogP contribution is 2.68. The lowest BCUT2D eigenvalue weighted by atomic mass is 9.71. The van der Waals surface area contributed by atoms with Gasteiger partial charge in [-0.3, -0.25) is 54.2 Å². The van der Waals surface area contributed by atoms with Crippen molar-refractivity contribution in [3.05, 3.63) is 125 Å². The first-order chi connectivity index (χ1) is 66.5. The number of aryl methyl sites for hydroxylation is 2. The van der Waals surface area contributed by atoms with Gasteiger partial charge in [0.1, 0.15) is 36.8 Å². The molecule has 6 aromatic rings. The van der Waals surface area contributed by atoms with Crippen molar-refractivity contribution in [2.75, 3.05) is 93.9 Å². The van der Waals surface area contributed by atoms with Gasteiger partial charge in [0, 0.05) is 126 Å². The predicted octanol–water partition coefficient (Wildman–Crippen LogP) is 15.5. The van der Waals surface area contributed by atoms with Gasteiger partial charge in [0.05, 0.1) is 75.2 Å². The number of esters is 6. The number of benzene rings is 6. The molecule has 0 saturated carbocycles. The number of carboxylic acids is 1. The maximum Gasteiger partial charge on any atom is 0.331 e. The van der Waals surface area contributed by atoms with E-state index in [1.54, 1.807) is 25.3 Å². The molecule has 0 aliphatic carbocycles. The van der Waals surface area contributed by atoms with Crippen molar-refractivity contribution >= 4 is 65.3 Å². The molecule has 14 aliphatic rings. The molecule has 5 N–H and O–H groups in total. The number of nitriles is 2. The molecule has 0 radical (unpaired) electrons. The Hall–Kier alpha value is -10.9. The van der Waals surface area contributed by atoms with Crippen molar-refractivity contribution in [1.82, 2.24) is 30.2 Å². The number of aromatic hydroxyl groups is 2. The smallest absolute Gasteiger partial charge is 0.331 e. The van der Waals surface area contributed by atoms with E-state index < -0.39 is 99.8 Å². The normalized spacial score (nSPS) is 25.2. The number of ether oxygens (including phenoxy) is 14. The van der Waals surface area contributed by atoms with Crippen LogP contribution in [0.4, 0.5) is 0 Å². The van der Waals surface area contributed by atoms with Crippen LogP contribution in [0.5, 0.6) is 80.5 Å². The van der Waals surface area contributed by atoms with E-state index in [0.29, 0.717) is 159 Å². The summed E-state index contributed by atoms with van der Waals surface area (Å²) in [4.78, 5) is 102. The number of phenolic OH excluding ortho intramolecular Hbond substituents is 2. The molecular formula is C104H128N8O24S2. The van der Waals surface area contributed by atoms with E-state index in [0.717, 1.165) is 110 Å². The van der Waals surface area contributed by atoms with E-state index in [2.05, 4.69) is 69.2 Å². The molecule has 32 nitrogen and oxygen atoms in total. The zero-order valence-electron chi connectivity index (χ0n) is 81.5. The number of carboxylic acid groups (broad SMARTS) is 1. The first-order valence-corrected chi connectivity index (χ1v) is 50.6. The number of hydrogen-bond acceptors (Lipinski definition) is 33. The lowest BCUT2D eigenvalue weighted by molar-refractivity contribution is -0.158. The monoisotopic (exact) mass is 1940 g/mol. The van der Waals surface area contributed by atoms with E-state index in [1.165, 1.54) is 78.0 Å². The second-order valence-electron chi connectivity index (χ2n) is 38.0. The summed E-state index contributed by atoms with van der Waals surface area (Å²) in [6, 6.07) is 10.6. The van der Waals surface area contributed by atoms with Crippen LogP contribution in [0.25, 0.3) is 0 Å². The first-order valence-electron chi connectivity index (χ1n) is 48.5. The number of piperazine rings is 2. The number of carbonyl (C=O) groups excluding carboxylic acids is 6. The van der Waals surface area contributed by atoms with Crippen molar-refractivity contribution in [1.29, 1.82) is 10.5 Å². The van der Waals surface area contributed by atoms with E-state index >= 15 is 4.79 Å². The zero-order chi connectivity index (χ0) is 98.2. The van der Waals surface area contributed by atoms with E-state index in [-0.39, 0.29) is 98.2 Å². The van der Waals surface area contributed by atoms with Gasteiger partial charge >= 0.3 is 41.8 Å². The average Bonchev–Trinajstić information content (AvgIpc) is 0.983. The number of methoxy groups -OCH3 is 4. The topological polar surface area (TPSA) is 394 Å². The molecule has 6 aromatic carbocycles. The van der Waals surface area contributed by atoms with Gasteiger partial charge in [-0.1, -0.05) is 110 Å². The van der Waals surface area contributed by atoms with Crippen LogP contribution in [0.3, 0.4) is 0 Å². The minimum atomic E-state index is -1.44. The van der Waals surface area contributed by atoms with Crippen molar-refractivity contribution < 1.29 is 115 Å². The molecule has 14 heterocycles. The number of nitrogens with one attached hydrogen (secondary N) is 2. The van der Waals surface area contributed by atoms with Crippen LogP contribution in [0, 0.1) is 50.4 Å². The molecule has 34 heteroatoms. The number of unbranched alkanes of at least 4 members (excludes halogenated alkanes) is 12. The highest BCUT2D eigenvalue weighted by Gasteiger charge is 2.65. The first kappa shape index (κ1) is 100. The molecule has 2 spiro atoms. The summed E-state index contributed by atoms with van der Waals surface area (Å²) >= 11 is 2.97. The molecule has 14 atom stereocenters. The van der Waals surface area contributed by atoms with Crippen molar-refractivity contribution in [3.8, 4) is 92.6 Å². The van der Waals surface area contributed by atoms with E-state index in [4.69, 9.17) is 71.4 Å². The van der Waals surface area contributed by atoms with Crippen molar-refractivity contribution in [3.63, 3.8) is 0 Å². The third kappa shape index (κ3) is 18.1. The number of aliphatic carboxylic acids is 1. The number of thioether (sulfide) groups is 2. The number of hydrogen-bond donors (Lipinski definition) is 5. The van der Waals surface area contributed by atoms with E-state index in [9.17, 15) is 49.5 Å². The fraction of sp³-hybridized carbons (Fsp3) is 0.567. The molecule has 8 bridgehead atoms. The summed E-state index contributed by atoms with van der Waals surface area (Å²) in [7, 11) is 10.1.